The van der Waals surface area contributed by atoms with E-state index in [9.17, 15) is 18.0 Å². The minimum Gasteiger partial charge on any atom is -0.493 e. The van der Waals surface area contributed by atoms with Crippen LogP contribution < -0.4 is 15.0 Å². The Morgan fingerprint density at radius 3 is 2.48 bits per heavy atom. The van der Waals surface area contributed by atoms with Crippen molar-refractivity contribution in [2.45, 2.75) is 12.8 Å². The summed E-state index contributed by atoms with van der Waals surface area (Å²) in [5.41, 5.74) is 0.621. The first-order valence-corrected chi connectivity index (χ1v) is 12.8. The van der Waals surface area contributed by atoms with Gasteiger partial charge >= 0.3 is 6.18 Å². The first kappa shape index (κ1) is 27.1. The van der Waals surface area contributed by atoms with E-state index < -0.39 is 17.3 Å². The highest BCUT2D eigenvalue weighted by Gasteiger charge is 2.31. The van der Waals surface area contributed by atoms with Gasteiger partial charge in [-0.05, 0) is 65.7 Å². The molecule has 0 radical (unpaired) electrons. The van der Waals surface area contributed by atoms with Crippen molar-refractivity contribution in [1.29, 1.82) is 0 Å². The van der Waals surface area contributed by atoms with Gasteiger partial charge in [-0.1, -0.05) is 52.3 Å². The number of hydrogen-bond acceptors (Lipinski definition) is 5. The van der Waals surface area contributed by atoms with Crippen LogP contribution in [0, 0.1) is 0 Å². The van der Waals surface area contributed by atoms with Crippen LogP contribution in [0.5, 0.6) is 11.5 Å². The van der Waals surface area contributed by atoms with Crippen molar-refractivity contribution in [3.05, 3.63) is 123 Å². The molecule has 0 atom stereocenters. The molecule has 0 unspecified atom stereocenters. The Balaban J connectivity index is 1.51. The average Bonchev–Trinajstić information content (AvgIpc) is 2.96. The lowest BCUT2D eigenvalue weighted by atomic mass is 10.1. The van der Waals surface area contributed by atoms with Gasteiger partial charge in [0.05, 0.1) is 29.8 Å². The van der Waals surface area contributed by atoms with E-state index in [0.717, 1.165) is 26.8 Å². The summed E-state index contributed by atoms with van der Waals surface area (Å²) in [6, 6.07) is 24.1. The van der Waals surface area contributed by atoms with E-state index in [2.05, 4.69) is 26.0 Å². The molecule has 0 spiro atoms. The largest absolute Gasteiger partial charge is 0.493 e. The fourth-order valence-electron chi connectivity index (χ4n) is 4.00. The lowest BCUT2D eigenvalue weighted by Crippen LogP contribution is -2.20. The quantitative estimate of drug-likeness (QED) is 0.182. The van der Waals surface area contributed by atoms with Gasteiger partial charge in [0.1, 0.15) is 6.61 Å². The van der Waals surface area contributed by atoms with E-state index in [1.165, 1.54) is 25.5 Å². The van der Waals surface area contributed by atoms with Crippen molar-refractivity contribution >= 4 is 33.0 Å². The predicted molar refractivity (Wildman–Crippen MR) is 151 cm³/mol. The van der Waals surface area contributed by atoms with Crippen molar-refractivity contribution < 1.29 is 22.6 Å². The van der Waals surface area contributed by atoms with E-state index in [4.69, 9.17) is 9.47 Å². The van der Waals surface area contributed by atoms with Gasteiger partial charge in [-0.25, -0.2) is 4.98 Å². The second-order valence-electron chi connectivity index (χ2n) is 8.72. The monoisotopic (exact) mass is 607 g/mol. The molecule has 5 rings (SSSR count). The topological polar surface area (TPSA) is 65.7 Å². The van der Waals surface area contributed by atoms with Crippen molar-refractivity contribution in [1.82, 2.24) is 9.66 Å². The van der Waals surface area contributed by atoms with Gasteiger partial charge in [-0.15, -0.1) is 0 Å². The Morgan fingerprint density at radius 2 is 1.73 bits per heavy atom. The second-order valence-corrected chi connectivity index (χ2v) is 9.63. The third-order valence-electron chi connectivity index (χ3n) is 6.02. The third kappa shape index (κ3) is 5.91. The van der Waals surface area contributed by atoms with Crippen LogP contribution in [0.1, 0.15) is 16.7 Å². The van der Waals surface area contributed by atoms with Crippen LogP contribution in [0.3, 0.4) is 0 Å². The number of benzene rings is 4. The minimum atomic E-state index is -4.56. The first-order valence-electron chi connectivity index (χ1n) is 12.0. The average molecular weight is 608 g/mol. The van der Waals surface area contributed by atoms with Crippen LogP contribution in [-0.2, 0) is 12.8 Å². The molecule has 5 aromatic rings. The summed E-state index contributed by atoms with van der Waals surface area (Å²) >= 11 is 3.41. The zero-order chi connectivity index (χ0) is 28.3. The number of aromatic nitrogens is 2. The zero-order valence-electron chi connectivity index (χ0n) is 21.0. The van der Waals surface area contributed by atoms with Crippen LogP contribution in [-0.4, -0.2) is 23.0 Å². The van der Waals surface area contributed by atoms with Gasteiger partial charge in [-0.3, -0.25) is 4.79 Å². The molecule has 40 heavy (non-hydrogen) atoms. The first-order chi connectivity index (χ1) is 19.2. The number of methoxy groups -OCH3 is 1. The number of nitrogens with zero attached hydrogens (tertiary/aromatic N) is 3. The summed E-state index contributed by atoms with van der Waals surface area (Å²) in [5, 5.41) is 4.62. The van der Waals surface area contributed by atoms with Gasteiger partial charge in [0.15, 0.2) is 17.3 Å². The van der Waals surface area contributed by atoms with E-state index >= 15 is 0 Å². The fourth-order valence-corrected chi connectivity index (χ4v) is 4.27. The molecular weight excluding hydrogens is 587 g/mol. The van der Waals surface area contributed by atoms with Crippen LogP contribution in [0.25, 0.3) is 22.3 Å². The van der Waals surface area contributed by atoms with Gasteiger partial charge in [0, 0.05) is 10.0 Å². The highest BCUT2D eigenvalue weighted by Crippen LogP contribution is 2.32. The predicted octanol–water partition coefficient (Wildman–Crippen LogP) is 7.31. The summed E-state index contributed by atoms with van der Waals surface area (Å²) in [6.07, 6.45) is -3.14. The Hall–Kier alpha value is -4.44. The number of para-hydroxylation sites is 1. The van der Waals surface area contributed by atoms with Gasteiger partial charge in [0.25, 0.3) is 5.56 Å². The molecule has 1 aromatic heterocycles. The maximum absolute atomic E-state index is 13.4. The molecule has 0 fully saturated rings. The van der Waals surface area contributed by atoms with Gasteiger partial charge < -0.3 is 9.47 Å². The van der Waals surface area contributed by atoms with E-state index in [0.29, 0.717) is 29.2 Å². The summed E-state index contributed by atoms with van der Waals surface area (Å²) in [6.45, 7) is 0.329. The minimum absolute atomic E-state index is 0.0209. The van der Waals surface area contributed by atoms with Gasteiger partial charge in [-0.2, -0.15) is 22.9 Å². The number of rotatable bonds is 7. The standard InChI is InChI=1S/C30H21BrF3N3O3/c1-39-27-15-20(11-14-26(27)40-18-19-9-12-23(31)13-10-19)17-35-37-28(21-5-4-6-22(16-21)30(32,33)34)36-25-8-3-2-7-24(25)29(37)38/h2-17H,18H2,1H3. The summed E-state index contributed by atoms with van der Waals surface area (Å²) in [4.78, 5) is 17.9. The van der Waals surface area contributed by atoms with Crippen molar-refractivity contribution in [2.75, 3.05) is 7.11 Å². The summed E-state index contributed by atoms with van der Waals surface area (Å²) in [7, 11) is 1.51. The van der Waals surface area contributed by atoms with Crippen molar-refractivity contribution in [3.63, 3.8) is 0 Å². The smallest absolute Gasteiger partial charge is 0.416 e. The number of fused-ring (bicyclic) bond motifs is 1. The molecule has 0 aliphatic rings. The van der Waals surface area contributed by atoms with Crippen LogP contribution in [0.4, 0.5) is 13.2 Å². The molecule has 0 saturated heterocycles. The summed E-state index contributed by atoms with van der Waals surface area (Å²) < 4.78 is 53.6. The Morgan fingerprint density at radius 1 is 0.950 bits per heavy atom. The molecule has 0 amide bonds. The van der Waals surface area contributed by atoms with Crippen molar-refractivity contribution in [2.24, 2.45) is 5.10 Å². The molecular formula is C30H21BrF3N3O3. The molecule has 0 bridgehead atoms. The molecule has 0 N–H and O–H groups in total. The van der Waals surface area contributed by atoms with Crippen LogP contribution in [0.2, 0.25) is 0 Å². The van der Waals surface area contributed by atoms with Gasteiger partial charge in [0.2, 0.25) is 0 Å². The number of alkyl halides is 3. The molecule has 6 nitrogen and oxygen atoms in total. The SMILES string of the molecule is COc1cc(C=Nn2c(-c3cccc(C(F)(F)F)c3)nc3ccccc3c2=O)ccc1OCc1ccc(Br)cc1. The number of ether oxygens (including phenoxy) is 2. The molecule has 202 valence electrons. The highest BCUT2D eigenvalue weighted by atomic mass is 79.9. The normalized spacial score (nSPS) is 11.7. The van der Waals surface area contributed by atoms with Crippen LogP contribution in [0.15, 0.2) is 105 Å². The van der Waals surface area contributed by atoms with E-state index in [1.807, 2.05) is 24.3 Å². The Bertz CT molecular complexity index is 1770. The van der Waals surface area contributed by atoms with Crippen LogP contribution >= 0.6 is 15.9 Å². The summed E-state index contributed by atoms with van der Waals surface area (Å²) in [5.74, 6) is 0.937. The zero-order valence-corrected chi connectivity index (χ0v) is 22.6. The molecule has 10 heteroatoms. The second kappa shape index (κ2) is 11.4. The Kier molecular flexibility index (Phi) is 7.70. The highest BCUT2D eigenvalue weighted by molar-refractivity contribution is 9.10. The molecule has 4 aromatic carbocycles. The number of hydrogen-bond donors (Lipinski definition) is 0. The van der Waals surface area contributed by atoms with Crippen molar-refractivity contribution in [3.8, 4) is 22.9 Å². The van der Waals surface area contributed by atoms with E-state index in [-0.39, 0.29) is 16.8 Å². The molecule has 0 aliphatic heterocycles. The third-order valence-corrected chi connectivity index (χ3v) is 6.55. The van der Waals surface area contributed by atoms with E-state index in [1.54, 1.807) is 42.5 Å². The molecule has 0 aliphatic carbocycles. The Labute approximate surface area is 235 Å². The molecule has 0 saturated carbocycles. The fraction of sp³-hybridized carbons (Fsp3) is 0.100. The number of halogens is 4. The molecule has 1 heterocycles. The lowest BCUT2D eigenvalue weighted by Gasteiger charge is -2.13. The maximum Gasteiger partial charge on any atom is 0.416 e. The lowest BCUT2D eigenvalue weighted by molar-refractivity contribution is -0.137. The maximum atomic E-state index is 13.4.